The number of nitrogens with zero attached hydrogens (tertiary/aromatic N) is 5. The third-order valence-corrected chi connectivity index (χ3v) is 13.9. The average Bonchev–Trinajstić information content (AvgIpc) is 3.17. The van der Waals surface area contributed by atoms with Gasteiger partial charge in [0.25, 0.3) is 0 Å². The van der Waals surface area contributed by atoms with Crippen molar-refractivity contribution in [3.8, 4) is 0 Å². The van der Waals surface area contributed by atoms with E-state index >= 15 is 0 Å². The molecule has 0 spiro atoms. The van der Waals surface area contributed by atoms with E-state index in [1.165, 1.54) is 6.33 Å². The van der Waals surface area contributed by atoms with Crippen LogP contribution in [0.1, 0.15) is 60.8 Å². The Morgan fingerprint density at radius 2 is 2.03 bits per heavy atom. The van der Waals surface area contributed by atoms with Crippen molar-refractivity contribution >= 4 is 49.9 Å². The van der Waals surface area contributed by atoms with E-state index in [1.54, 1.807) is 38.6 Å². The molecule has 0 radical (unpaired) electrons. The van der Waals surface area contributed by atoms with E-state index in [-0.39, 0.29) is 18.4 Å². The molecule has 2 aromatic heterocycles. The molecule has 3 atom stereocenters. The predicted molar refractivity (Wildman–Crippen MR) is 134 cm³/mol. The first-order valence-electron chi connectivity index (χ1n) is 11.3. The van der Waals surface area contributed by atoms with Gasteiger partial charge >= 0.3 is 207 Å². The Morgan fingerprint density at radius 1 is 1.29 bits per heavy atom. The fourth-order valence-electron chi connectivity index (χ4n) is 2.98. The molecule has 0 aliphatic rings. The number of rotatable bonds is 14. The summed E-state index contributed by atoms with van der Waals surface area (Å²) >= 11 is -1.49. The Balaban J connectivity index is 2.06. The molecule has 1 unspecified atom stereocenters. The van der Waals surface area contributed by atoms with Crippen molar-refractivity contribution in [3.05, 3.63) is 12.7 Å². The summed E-state index contributed by atoms with van der Waals surface area (Å²) in [4.78, 5) is 25.1. The van der Waals surface area contributed by atoms with Gasteiger partial charge in [-0.25, -0.2) is 0 Å². The van der Waals surface area contributed by atoms with E-state index in [9.17, 15) is 9.36 Å². The molecular weight excluding hydrogens is 522 g/mol. The monoisotopic (exact) mass is 558 g/mol. The number of hydrogen-bond donors (Lipinski definition) is 1. The molecule has 0 aromatic carbocycles. The van der Waals surface area contributed by atoms with Crippen molar-refractivity contribution in [2.24, 2.45) is 5.16 Å². The van der Waals surface area contributed by atoms with Gasteiger partial charge in [-0.05, 0) is 0 Å². The molecule has 190 valence electrons. The van der Waals surface area contributed by atoms with Crippen molar-refractivity contribution in [1.29, 1.82) is 0 Å². The molecule has 13 heteroatoms. The van der Waals surface area contributed by atoms with Crippen molar-refractivity contribution < 1.29 is 23.5 Å². The van der Waals surface area contributed by atoms with Crippen LogP contribution in [0.25, 0.3) is 11.2 Å². The van der Waals surface area contributed by atoms with Crippen LogP contribution in [0.15, 0.2) is 17.8 Å². The van der Waals surface area contributed by atoms with Crippen molar-refractivity contribution in [3.63, 3.8) is 0 Å². The molecule has 2 rings (SSSR count). The summed E-state index contributed by atoms with van der Waals surface area (Å²) < 4.78 is 31.5. The maximum atomic E-state index is 13.7. The van der Waals surface area contributed by atoms with Crippen LogP contribution in [0.3, 0.4) is 0 Å². The molecule has 0 saturated heterocycles. The van der Waals surface area contributed by atoms with Gasteiger partial charge in [0.2, 0.25) is 0 Å². The van der Waals surface area contributed by atoms with Crippen LogP contribution < -0.4 is 5.73 Å². The molecule has 0 saturated carbocycles. The van der Waals surface area contributed by atoms with Crippen LogP contribution in [0.4, 0.5) is 5.82 Å². The van der Waals surface area contributed by atoms with E-state index in [0.29, 0.717) is 35.8 Å². The maximum absolute atomic E-state index is 13.7. The molecule has 2 N–H and O–H groups in total. The van der Waals surface area contributed by atoms with Gasteiger partial charge in [-0.2, -0.15) is 0 Å². The number of ether oxygens (including phenoxy) is 2. The topological polar surface area (TPSA) is 144 Å². The van der Waals surface area contributed by atoms with E-state index in [4.69, 9.17) is 19.8 Å². The number of imidazole rings is 1. The Labute approximate surface area is 206 Å². The van der Waals surface area contributed by atoms with E-state index < -0.39 is 25.4 Å². The zero-order valence-corrected chi connectivity index (χ0v) is 23.8. The normalized spacial score (nSPS) is 14.8. The first-order valence-corrected chi connectivity index (χ1v) is 16.9. The van der Waals surface area contributed by atoms with Crippen LogP contribution in [0.5, 0.6) is 0 Å². The second-order valence-corrected chi connectivity index (χ2v) is 19.1. The summed E-state index contributed by atoms with van der Waals surface area (Å²) in [5.74, 6) is -3.41. The number of nitrogens with two attached hydrogens (primary N) is 1. The van der Waals surface area contributed by atoms with Crippen LogP contribution in [-0.4, -0.2) is 65.6 Å². The SMILES string of the molecule is CCCCCOC(=O)C(C)(C)[AsH][P@](=O)(CO[C@H](C)Cn1cnc2c(N)ncnc21)ON=C(C)C. The van der Waals surface area contributed by atoms with Gasteiger partial charge in [0.05, 0.1) is 0 Å². The van der Waals surface area contributed by atoms with Crippen LogP contribution in [-0.2, 0) is 30.0 Å². The van der Waals surface area contributed by atoms with Crippen LogP contribution in [0.2, 0.25) is 4.20 Å². The summed E-state index contributed by atoms with van der Waals surface area (Å²) in [5.41, 5.74) is 7.58. The fraction of sp³-hybridized carbons (Fsp3) is 0.667. The molecule has 0 aliphatic heterocycles. The third-order valence-electron chi connectivity index (χ3n) is 4.71. The number of oxime groups is 1. The molecule has 11 nitrogen and oxygen atoms in total. The number of nitrogen functional groups attached to an aromatic ring is 1. The zero-order valence-electron chi connectivity index (χ0n) is 20.8. The Hall–Kier alpha value is -1.96. The molecular formula is C21H36AsN6O5P. The molecule has 0 aliphatic carbocycles. The van der Waals surface area contributed by atoms with Gasteiger partial charge < -0.3 is 0 Å². The molecule has 0 bridgehead atoms. The summed E-state index contributed by atoms with van der Waals surface area (Å²) in [6, 6.07) is 0. The summed E-state index contributed by atoms with van der Waals surface area (Å²) in [6.07, 6.45) is 5.34. The second kappa shape index (κ2) is 12.7. The number of carbonyl (C=O) groups is 1. The van der Waals surface area contributed by atoms with Gasteiger partial charge in [-0.1, -0.05) is 0 Å². The zero-order chi connectivity index (χ0) is 25.4. The summed E-state index contributed by atoms with van der Waals surface area (Å²) in [7, 11) is 0. The number of carbonyl (C=O) groups excluding carboxylic acids is 1. The average molecular weight is 558 g/mol. The Kier molecular flexibility index (Phi) is 10.5. The van der Waals surface area contributed by atoms with Crippen molar-refractivity contribution in [2.75, 3.05) is 18.7 Å². The summed E-state index contributed by atoms with van der Waals surface area (Å²) in [5, 5.41) is 3.94. The van der Waals surface area contributed by atoms with Gasteiger partial charge in [0.15, 0.2) is 0 Å². The fourth-order valence-corrected chi connectivity index (χ4v) is 12.3. The number of anilines is 1. The van der Waals surface area contributed by atoms with Gasteiger partial charge in [-0.3, -0.25) is 0 Å². The van der Waals surface area contributed by atoms with Crippen molar-refractivity contribution in [2.45, 2.75) is 77.7 Å². The predicted octanol–water partition coefficient (Wildman–Crippen LogP) is 3.75. The minimum atomic E-state index is -3.35. The first-order chi connectivity index (χ1) is 16.0. The molecule has 0 amide bonds. The number of fused-ring (bicyclic) bond motifs is 1. The quantitative estimate of drug-likeness (QED) is 0.0916. The van der Waals surface area contributed by atoms with Gasteiger partial charge in [0.1, 0.15) is 0 Å². The van der Waals surface area contributed by atoms with Crippen molar-refractivity contribution in [1.82, 2.24) is 19.5 Å². The van der Waals surface area contributed by atoms with E-state index in [1.807, 2.05) is 6.92 Å². The Bertz CT molecular complexity index is 1040. The number of aromatic nitrogens is 4. The molecule has 2 aromatic rings. The summed E-state index contributed by atoms with van der Waals surface area (Å²) in [6.45, 7) is 11.7. The molecule has 2 heterocycles. The number of esters is 1. The second-order valence-electron chi connectivity index (χ2n) is 8.81. The number of hydrogen-bond acceptors (Lipinski definition) is 10. The van der Waals surface area contributed by atoms with Gasteiger partial charge in [-0.15, -0.1) is 0 Å². The standard InChI is InChI=1S/C21H36AsN6O5P/c1-7-8-9-10-31-20(29)21(5,6)22-34(30,33-27-15(2)3)14-32-16(4)11-28-13-26-17-18(23)24-12-25-19(17)28/h12-13,16,22H,7-11,14H2,1-6H3,(H2,23,24,25)/t16-,34+/m1/s1. The van der Waals surface area contributed by atoms with Crippen LogP contribution in [0, 0.1) is 0 Å². The molecule has 0 fully saturated rings. The van der Waals surface area contributed by atoms with Gasteiger partial charge in [0, 0.05) is 0 Å². The van der Waals surface area contributed by atoms with Crippen LogP contribution >= 0.6 is 5.93 Å². The first kappa shape index (κ1) is 28.3. The van der Waals surface area contributed by atoms with E-state index in [0.717, 1.165) is 19.3 Å². The molecule has 34 heavy (non-hydrogen) atoms. The number of unbranched alkanes of at least 4 members (excludes halogenated alkanes) is 2. The van der Waals surface area contributed by atoms with E-state index in [2.05, 4.69) is 27.0 Å². The minimum absolute atomic E-state index is 0.152. The third kappa shape index (κ3) is 8.36. The Morgan fingerprint density at radius 3 is 2.71 bits per heavy atom.